The number of nitriles is 1. The molecule has 8 heteroatoms. The lowest BCUT2D eigenvalue weighted by Gasteiger charge is -2.31. The van der Waals surface area contributed by atoms with Gasteiger partial charge >= 0.3 is 0 Å². The molecule has 174 valence electrons. The molecule has 1 saturated heterocycles. The fourth-order valence-corrected chi connectivity index (χ4v) is 5.44. The molecule has 0 spiro atoms. The molecule has 0 radical (unpaired) electrons. The van der Waals surface area contributed by atoms with Crippen molar-refractivity contribution in [2.45, 2.75) is 38.0 Å². The zero-order valence-corrected chi connectivity index (χ0v) is 19.9. The topological polar surface area (TPSA) is 93.5 Å². The van der Waals surface area contributed by atoms with Crippen LogP contribution in [-0.2, 0) is 14.8 Å². The molecule has 0 unspecified atom stereocenters. The van der Waals surface area contributed by atoms with E-state index < -0.39 is 15.9 Å². The summed E-state index contributed by atoms with van der Waals surface area (Å²) in [5.41, 5.74) is 1.84. The van der Waals surface area contributed by atoms with E-state index in [0.717, 1.165) is 43.6 Å². The van der Waals surface area contributed by atoms with Gasteiger partial charge in [0.2, 0.25) is 10.0 Å². The molecule has 1 aliphatic heterocycles. The Balaban J connectivity index is 2.00. The van der Waals surface area contributed by atoms with E-state index in [4.69, 9.17) is 0 Å². The second-order valence-electron chi connectivity index (χ2n) is 7.85. The van der Waals surface area contributed by atoms with Crippen molar-refractivity contribution in [2.75, 3.05) is 36.4 Å². The zero-order valence-electron chi connectivity index (χ0n) is 19.1. The van der Waals surface area contributed by atoms with E-state index in [-0.39, 0.29) is 10.5 Å². The molecule has 0 aromatic heterocycles. The number of rotatable bonds is 8. The fourth-order valence-electron chi connectivity index (χ4n) is 3.95. The molecule has 1 aliphatic rings. The highest BCUT2D eigenvalue weighted by atomic mass is 32.2. The first-order chi connectivity index (χ1) is 15.9. The maximum Gasteiger partial charge on any atom is 0.266 e. The second-order valence-corrected chi connectivity index (χ2v) is 9.79. The Morgan fingerprint density at radius 1 is 1.09 bits per heavy atom. The van der Waals surface area contributed by atoms with E-state index in [2.05, 4.69) is 10.2 Å². The van der Waals surface area contributed by atoms with Crippen LogP contribution in [0.4, 0.5) is 11.4 Å². The second kappa shape index (κ2) is 11.1. The molecule has 1 amide bonds. The summed E-state index contributed by atoms with van der Waals surface area (Å²) in [6.07, 6.45) is 4.73. The van der Waals surface area contributed by atoms with E-state index in [1.807, 2.05) is 24.3 Å². The number of nitrogens with one attached hydrogen (secondary N) is 1. The first-order valence-corrected chi connectivity index (χ1v) is 12.7. The van der Waals surface area contributed by atoms with Crippen molar-refractivity contribution in [1.82, 2.24) is 4.31 Å². The van der Waals surface area contributed by atoms with Gasteiger partial charge in [0, 0.05) is 26.2 Å². The minimum atomic E-state index is -3.70. The number of hydrogen-bond donors (Lipinski definition) is 1. The van der Waals surface area contributed by atoms with Crippen molar-refractivity contribution in [2.24, 2.45) is 0 Å². The van der Waals surface area contributed by atoms with Crippen LogP contribution in [0.5, 0.6) is 0 Å². The summed E-state index contributed by atoms with van der Waals surface area (Å²) in [4.78, 5) is 15.3. The molecule has 0 atom stereocenters. The quantitative estimate of drug-likeness (QED) is 0.464. The molecule has 0 saturated carbocycles. The van der Waals surface area contributed by atoms with Crippen LogP contribution in [0.15, 0.2) is 59.0 Å². The SMILES string of the molecule is CCN(CC)S(=O)(=O)c1ccc(N2CCCCC2)c(NC(=O)/C(C#N)=C/c2ccccc2)c1. The largest absolute Gasteiger partial charge is 0.370 e. The smallest absolute Gasteiger partial charge is 0.266 e. The lowest BCUT2D eigenvalue weighted by atomic mass is 10.1. The van der Waals surface area contributed by atoms with Crippen LogP contribution in [-0.4, -0.2) is 44.8 Å². The van der Waals surface area contributed by atoms with Gasteiger partial charge in [-0.1, -0.05) is 44.2 Å². The molecule has 1 N–H and O–H groups in total. The molecule has 0 bridgehead atoms. The molecule has 0 aliphatic carbocycles. The minimum absolute atomic E-state index is 0.0530. The standard InChI is InChI=1S/C25H30N4O3S/c1-3-29(4-2)33(31,32)22-13-14-24(28-15-9-6-10-16-28)23(18-22)27-25(30)21(19-26)17-20-11-7-5-8-12-20/h5,7-8,11-14,17-18H,3-4,6,9-10,15-16H2,1-2H3,(H,27,30)/b21-17+. The van der Waals surface area contributed by atoms with Crippen LogP contribution < -0.4 is 10.2 Å². The number of carbonyl (C=O) groups is 1. The Hall–Kier alpha value is -3.15. The Morgan fingerprint density at radius 2 is 1.76 bits per heavy atom. The van der Waals surface area contributed by atoms with Gasteiger partial charge in [-0.15, -0.1) is 0 Å². The van der Waals surface area contributed by atoms with E-state index in [1.165, 1.54) is 16.4 Å². The molecule has 1 fully saturated rings. The molecule has 2 aromatic carbocycles. The van der Waals surface area contributed by atoms with Gasteiger partial charge in [0.15, 0.2) is 0 Å². The Kier molecular flexibility index (Phi) is 8.26. The van der Waals surface area contributed by atoms with Gasteiger partial charge in [-0.3, -0.25) is 4.79 Å². The van der Waals surface area contributed by atoms with E-state index in [0.29, 0.717) is 18.8 Å². The third kappa shape index (κ3) is 5.81. The van der Waals surface area contributed by atoms with Crippen LogP contribution in [0, 0.1) is 11.3 Å². The molecule has 3 rings (SSSR count). The summed E-state index contributed by atoms with van der Waals surface area (Å²) in [7, 11) is -3.70. The lowest BCUT2D eigenvalue weighted by Crippen LogP contribution is -2.32. The van der Waals surface area contributed by atoms with Gasteiger partial charge in [-0.2, -0.15) is 9.57 Å². The van der Waals surface area contributed by atoms with E-state index >= 15 is 0 Å². The van der Waals surface area contributed by atoms with Crippen molar-refractivity contribution < 1.29 is 13.2 Å². The number of piperidine rings is 1. The van der Waals surface area contributed by atoms with Crippen molar-refractivity contribution in [3.8, 4) is 6.07 Å². The monoisotopic (exact) mass is 466 g/mol. The maximum atomic E-state index is 13.1. The summed E-state index contributed by atoms with van der Waals surface area (Å²) < 4.78 is 27.6. The summed E-state index contributed by atoms with van der Waals surface area (Å²) in [6, 6.07) is 15.9. The number of benzene rings is 2. The van der Waals surface area contributed by atoms with Gasteiger partial charge in [0.05, 0.1) is 16.3 Å². The molecular weight excluding hydrogens is 436 g/mol. The van der Waals surface area contributed by atoms with Crippen LogP contribution in [0.25, 0.3) is 6.08 Å². The first-order valence-electron chi connectivity index (χ1n) is 11.3. The average molecular weight is 467 g/mol. The highest BCUT2D eigenvalue weighted by Gasteiger charge is 2.25. The average Bonchev–Trinajstić information content (AvgIpc) is 2.84. The number of carbonyl (C=O) groups excluding carboxylic acids is 1. The summed E-state index contributed by atoms with van der Waals surface area (Å²) in [5.74, 6) is -0.572. The predicted octanol–water partition coefficient (Wildman–Crippen LogP) is 4.25. The number of anilines is 2. The minimum Gasteiger partial charge on any atom is -0.370 e. The molecule has 33 heavy (non-hydrogen) atoms. The Morgan fingerprint density at radius 3 is 2.36 bits per heavy atom. The lowest BCUT2D eigenvalue weighted by molar-refractivity contribution is -0.112. The van der Waals surface area contributed by atoms with Crippen LogP contribution in [0.2, 0.25) is 0 Å². The van der Waals surface area contributed by atoms with Crippen molar-refractivity contribution >= 4 is 33.4 Å². The highest BCUT2D eigenvalue weighted by molar-refractivity contribution is 7.89. The predicted molar refractivity (Wildman–Crippen MR) is 131 cm³/mol. The highest BCUT2D eigenvalue weighted by Crippen LogP contribution is 2.32. The van der Waals surface area contributed by atoms with Crippen molar-refractivity contribution in [3.05, 3.63) is 59.7 Å². The zero-order chi connectivity index (χ0) is 23.8. The normalized spacial score (nSPS) is 14.7. The van der Waals surface area contributed by atoms with Crippen molar-refractivity contribution in [1.29, 1.82) is 5.26 Å². The first kappa shape index (κ1) is 24.5. The Labute approximate surface area is 196 Å². The molecule has 2 aromatic rings. The van der Waals surface area contributed by atoms with Gasteiger partial charge < -0.3 is 10.2 Å². The Bertz CT molecular complexity index is 1140. The number of sulfonamides is 1. The molecule has 1 heterocycles. The fraction of sp³-hybridized carbons (Fsp3) is 0.360. The third-order valence-electron chi connectivity index (χ3n) is 5.73. The van der Waals surface area contributed by atoms with E-state index in [9.17, 15) is 18.5 Å². The van der Waals surface area contributed by atoms with Crippen molar-refractivity contribution in [3.63, 3.8) is 0 Å². The summed E-state index contributed by atoms with van der Waals surface area (Å²) >= 11 is 0. The van der Waals surface area contributed by atoms with Crippen LogP contribution >= 0.6 is 0 Å². The summed E-state index contributed by atoms with van der Waals surface area (Å²) in [6.45, 7) is 5.95. The molecular formula is C25H30N4O3S. The molecule has 7 nitrogen and oxygen atoms in total. The van der Waals surface area contributed by atoms with Crippen LogP contribution in [0.1, 0.15) is 38.7 Å². The summed E-state index contributed by atoms with van der Waals surface area (Å²) in [5, 5.41) is 12.4. The third-order valence-corrected chi connectivity index (χ3v) is 7.78. The van der Waals surface area contributed by atoms with Crippen LogP contribution in [0.3, 0.4) is 0 Å². The van der Waals surface area contributed by atoms with E-state index in [1.54, 1.807) is 38.1 Å². The van der Waals surface area contributed by atoms with Gasteiger partial charge in [-0.05, 0) is 49.1 Å². The number of amides is 1. The van der Waals surface area contributed by atoms with Gasteiger partial charge in [0.25, 0.3) is 5.91 Å². The van der Waals surface area contributed by atoms with Gasteiger partial charge in [-0.25, -0.2) is 8.42 Å². The van der Waals surface area contributed by atoms with Gasteiger partial charge in [0.1, 0.15) is 11.6 Å². The maximum absolute atomic E-state index is 13.1. The number of hydrogen-bond acceptors (Lipinski definition) is 5. The number of nitrogens with zero attached hydrogens (tertiary/aromatic N) is 3.